The van der Waals surface area contributed by atoms with Gasteiger partial charge in [0.15, 0.2) is 0 Å². The van der Waals surface area contributed by atoms with Gasteiger partial charge in [-0.2, -0.15) is 11.8 Å². The molecule has 0 aliphatic heterocycles. The van der Waals surface area contributed by atoms with Gasteiger partial charge >= 0.3 is 0 Å². The Kier molecular flexibility index (Phi) is 9.22. The van der Waals surface area contributed by atoms with Gasteiger partial charge in [0.05, 0.1) is 0 Å². The summed E-state index contributed by atoms with van der Waals surface area (Å²) in [5, 5.41) is 3.70. The molecule has 1 nitrogen and oxygen atoms in total. The molecule has 0 heterocycles. The Labute approximate surface area is 119 Å². The minimum Gasteiger partial charge on any atom is -0.316 e. The van der Waals surface area contributed by atoms with E-state index < -0.39 is 0 Å². The van der Waals surface area contributed by atoms with Gasteiger partial charge in [0, 0.05) is 0 Å². The molecule has 1 aliphatic rings. The number of hydrogen-bond acceptors (Lipinski definition) is 2. The summed E-state index contributed by atoms with van der Waals surface area (Å²) >= 11 is 2.10. The zero-order valence-corrected chi connectivity index (χ0v) is 13.5. The fraction of sp³-hybridized carbons (Fsp3) is 1.00. The second-order valence-electron chi connectivity index (χ2n) is 6.20. The first-order valence-corrected chi connectivity index (χ1v) is 9.18. The molecule has 0 aromatic rings. The number of thioether (sulfide) groups is 1. The van der Waals surface area contributed by atoms with Crippen molar-refractivity contribution >= 4 is 11.8 Å². The molecule has 1 atom stereocenters. The van der Waals surface area contributed by atoms with E-state index in [0.29, 0.717) is 0 Å². The molecule has 18 heavy (non-hydrogen) atoms. The summed E-state index contributed by atoms with van der Waals surface area (Å²) in [6, 6.07) is 0. The van der Waals surface area contributed by atoms with Gasteiger partial charge < -0.3 is 5.32 Å². The highest BCUT2D eigenvalue weighted by Crippen LogP contribution is 2.33. The molecule has 2 heteroatoms. The average Bonchev–Trinajstić information content (AvgIpc) is 2.85. The van der Waals surface area contributed by atoms with Crippen molar-refractivity contribution in [3.8, 4) is 0 Å². The standard InChI is InChI=1S/C16H33NS/c1-4-18-11-7-10-16(13-17-12-14(2)3)15-8-5-6-9-15/h14-17H,4-13H2,1-3H3. The topological polar surface area (TPSA) is 12.0 Å². The highest BCUT2D eigenvalue weighted by Gasteiger charge is 2.24. The fourth-order valence-electron chi connectivity index (χ4n) is 3.08. The lowest BCUT2D eigenvalue weighted by Gasteiger charge is -2.24. The van der Waals surface area contributed by atoms with Gasteiger partial charge in [-0.05, 0) is 55.2 Å². The molecule has 1 rings (SSSR count). The van der Waals surface area contributed by atoms with Gasteiger partial charge in [0.2, 0.25) is 0 Å². The molecule has 0 bridgehead atoms. The van der Waals surface area contributed by atoms with Crippen molar-refractivity contribution in [1.29, 1.82) is 0 Å². The maximum Gasteiger partial charge on any atom is -0.00178 e. The lowest BCUT2D eigenvalue weighted by atomic mass is 9.87. The minimum atomic E-state index is 0.782. The molecule has 1 aliphatic carbocycles. The van der Waals surface area contributed by atoms with E-state index in [4.69, 9.17) is 0 Å². The second-order valence-corrected chi connectivity index (χ2v) is 7.59. The zero-order chi connectivity index (χ0) is 13.2. The van der Waals surface area contributed by atoms with E-state index in [1.54, 1.807) is 0 Å². The summed E-state index contributed by atoms with van der Waals surface area (Å²) in [4.78, 5) is 0. The quantitative estimate of drug-likeness (QED) is 0.584. The number of hydrogen-bond donors (Lipinski definition) is 1. The largest absolute Gasteiger partial charge is 0.316 e. The number of rotatable bonds is 10. The van der Waals surface area contributed by atoms with E-state index in [9.17, 15) is 0 Å². The predicted octanol–water partition coefficient (Wildman–Crippen LogP) is 4.57. The third-order valence-corrected chi connectivity index (χ3v) is 5.08. The summed E-state index contributed by atoms with van der Waals surface area (Å²) in [6.07, 6.45) is 8.82. The molecular formula is C16H33NS. The van der Waals surface area contributed by atoms with Gasteiger partial charge in [0.25, 0.3) is 0 Å². The van der Waals surface area contributed by atoms with E-state index in [0.717, 1.165) is 17.8 Å². The van der Waals surface area contributed by atoms with Crippen LogP contribution in [0.2, 0.25) is 0 Å². The van der Waals surface area contributed by atoms with Crippen molar-refractivity contribution < 1.29 is 0 Å². The van der Waals surface area contributed by atoms with Crippen molar-refractivity contribution in [3.63, 3.8) is 0 Å². The van der Waals surface area contributed by atoms with Crippen LogP contribution in [-0.4, -0.2) is 24.6 Å². The zero-order valence-electron chi connectivity index (χ0n) is 12.7. The van der Waals surface area contributed by atoms with Crippen LogP contribution in [0.3, 0.4) is 0 Å². The fourth-order valence-corrected chi connectivity index (χ4v) is 3.74. The Bertz CT molecular complexity index is 188. The molecule has 108 valence electrons. The molecule has 0 amide bonds. The molecule has 1 N–H and O–H groups in total. The lowest BCUT2D eigenvalue weighted by molar-refractivity contribution is 0.299. The van der Waals surface area contributed by atoms with Gasteiger partial charge in [-0.25, -0.2) is 0 Å². The van der Waals surface area contributed by atoms with E-state index in [2.05, 4.69) is 37.8 Å². The van der Waals surface area contributed by atoms with Gasteiger partial charge in [-0.1, -0.05) is 46.5 Å². The minimum absolute atomic E-state index is 0.782. The maximum atomic E-state index is 3.70. The lowest BCUT2D eigenvalue weighted by Crippen LogP contribution is -2.30. The van der Waals surface area contributed by atoms with Crippen molar-refractivity contribution in [2.24, 2.45) is 17.8 Å². The average molecular weight is 272 g/mol. The molecule has 0 radical (unpaired) electrons. The summed E-state index contributed by atoms with van der Waals surface area (Å²) in [5.41, 5.74) is 0. The third-order valence-electron chi connectivity index (χ3n) is 4.09. The first-order valence-electron chi connectivity index (χ1n) is 8.02. The van der Waals surface area contributed by atoms with Crippen LogP contribution in [-0.2, 0) is 0 Å². The van der Waals surface area contributed by atoms with Crippen LogP contribution < -0.4 is 5.32 Å². The summed E-state index contributed by atoms with van der Waals surface area (Å²) in [7, 11) is 0. The third kappa shape index (κ3) is 7.04. The van der Waals surface area contributed by atoms with E-state index in [-0.39, 0.29) is 0 Å². The van der Waals surface area contributed by atoms with Gasteiger partial charge in [-0.15, -0.1) is 0 Å². The summed E-state index contributed by atoms with van der Waals surface area (Å²) in [5.74, 6) is 5.40. The van der Waals surface area contributed by atoms with Crippen LogP contribution in [0.15, 0.2) is 0 Å². The highest BCUT2D eigenvalue weighted by atomic mass is 32.2. The van der Waals surface area contributed by atoms with E-state index >= 15 is 0 Å². The molecule has 1 saturated carbocycles. The van der Waals surface area contributed by atoms with Crippen LogP contribution in [0.5, 0.6) is 0 Å². The van der Waals surface area contributed by atoms with Gasteiger partial charge in [-0.3, -0.25) is 0 Å². The molecule has 1 unspecified atom stereocenters. The van der Waals surface area contributed by atoms with Crippen LogP contribution in [0.1, 0.15) is 59.3 Å². The van der Waals surface area contributed by atoms with Crippen LogP contribution in [0.25, 0.3) is 0 Å². The molecule has 0 aromatic heterocycles. The first kappa shape index (κ1) is 16.4. The Hall–Kier alpha value is 0.310. The summed E-state index contributed by atoms with van der Waals surface area (Å²) < 4.78 is 0. The van der Waals surface area contributed by atoms with Crippen LogP contribution in [0.4, 0.5) is 0 Å². The van der Waals surface area contributed by atoms with Crippen molar-refractivity contribution in [2.75, 3.05) is 24.6 Å². The first-order chi connectivity index (χ1) is 8.74. The summed E-state index contributed by atoms with van der Waals surface area (Å²) in [6.45, 7) is 9.32. The molecular weight excluding hydrogens is 238 g/mol. The molecule has 0 spiro atoms. The monoisotopic (exact) mass is 271 g/mol. The van der Waals surface area contributed by atoms with Gasteiger partial charge in [0.1, 0.15) is 0 Å². The highest BCUT2D eigenvalue weighted by molar-refractivity contribution is 7.99. The van der Waals surface area contributed by atoms with Crippen LogP contribution >= 0.6 is 11.8 Å². The normalized spacial score (nSPS) is 18.7. The maximum absolute atomic E-state index is 3.70. The molecule has 0 saturated heterocycles. The Morgan fingerprint density at radius 1 is 1.17 bits per heavy atom. The smallest absolute Gasteiger partial charge is 0.00178 e. The van der Waals surface area contributed by atoms with Crippen LogP contribution in [0, 0.1) is 17.8 Å². The van der Waals surface area contributed by atoms with E-state index in [1.165, 1.54) is 63.1 Å². The number of nitrogens with one attached hydrogen (secondary N) is 1. The van der Waals surface area contributed by atoms with Crippen molar-refractivity contribution in [2.45, 2.75) is 59.3 Å². The Morgan fingerprint density at radius 3 is 2.50 bits per heavy atom. The Morgan fingerprint density at radius 2 is 1.89 bits per heavy atom. The van der Waals surface area contributed by atoms with Crippen molar-refractivity contribution in [3.05, 3.63) is 0 Å². The second kappa shape index (κ2) is 10.1. The van der Waals surface area contributed by atoms with E-state index in [1.807, 2.05) is 0 Å². The SMILES string of the molecule is CCSCCCC(CNCC(C)C)C1CCCC1. The molecule has 1 fully saturated rings. The van der Waals surface area contributed by atoms with Crippen molar-refractivity contribution in [1.82, 2.24) is 5.32 Å². The molecule has 0 aromatic carbocycles. The Balaban J connectivity index is 2.22. The predicted molar refractivity (Wildman–Crippen MR) is 85.4 cm³/mol.